The van der Waals surface area contributed by atoms with Crippen LogP contribution in [0.4, 0.5) is 11.4 Å². The van der Waals surface area contributed by atoms with Crippen LogP contribution in [0.3, 0.4) is 0 Å². The summed E-state index contributed by atoms with van der Waals surface area (Å²) < 4.78 is 0. The number of ketones is 1. The number of anilines is 2. The molecule has 1 aromatic heterocycles. The summed E-state index contributed by atoms with van der Waals surface area (Å²) >= 11 is 1.29. The zero-order valence-corrected chi connectivity index (χ0v) is 18.5. The Bertz CT molecular complexity index is 1280. The number of carbonyl (C=O) groups is 4. The Morgan fingerprint density at radius 3 is 2.58 bits per heavy atom. The predicted octanol–water partition coefficient (Wildman–Crippen LogP) is 3.07. The summed E-state index contributed by atoms with van der Waals surface area (Å²) in [6, 6.07) is 16.1. The first-order valence-electron chi connectivity index (χ1n) is 10.7. The molecule has 3 aromatic rings. The summed E-state index contributed by atoms with van der Waals surface area (Å²) in [6.07, 6.45) is 2.04. The van der Waals surface area contributed by atoms with Crippen LogP contribution in [0.25, 0.3) is 0 Å². The quantitative estimate of drug-likeness (QED) is 0.453. The summed E-state index contributed by atoms with van der Waals surface area (Å²) in [6.45, 7) is 0.881. The van der Waals surface area contributed by atoms with Crippen molar-refractivity contribution in [2.24, 2.45) is 0 Å². The van der Waals surface area contributed by atoms with Crippen molar-refractivity contribution in [2.75, 3.05) is 16.8 Å². The van der Waals surface area contributed by atoms with Crippen molar-refractivity contribution in [1.82, 2.24) is 5.32 Å². The molecule has 0 saturated carbocycles. The highest BCUT2D eigenvalue weighted by Crippen LogP contribution is 2.38. The Hall–Kier alpha value is -3.78. The van der Waals surface area contributed by atoms with Crippen molar-refractivity contribution in [3.8, 4) is 0 Å². The molecule has 0 atom stereocenters. The number of hydrogen-bond acceptors (Lipinski definition) is 5. The highest BCUT2D eigenvalue weighted by Gasteiger charge is 2.32. The number of hydrogen-bond donors (Lipinski definition) is 2. The van der Waals surface area contributed by atoms with Gasteiger partial charge in [-0.15, -0.1) is 11.3 Å². The minimum absolute atomic E-state index is 0.0754. The average Bonchev–Trinajstić information content (AvgIpc) is 3.43. The zero-order valence-electron chi connectivity index (χ0n) is 17.7. The van der Waals surface area contributed by atoms with E-state index in [0.29, 0.717) is 22.5 Å². The first-order chi connectivity index (χ1) is 16.0. The second-order valence-corrected chi connectivity index (χ2v) is 9.24. The zero-order chi connectivity index (χ0) is 22.9. The lowest BCUT2D eigenvalue weighted by molar-refractivity contribution is -0.136. The van der Waals surface area contributed by atoms with E-state index in [1.54, 1.807) is 30.3 Å². The van der Waals surface area contributed by atoms with Crippen LogP contribution >= 0.6 is 11.3 Å². The van der Waals surface area contributed by atoms with Gasteiger partial charge in [0.15, 0.2) is 0 Å². The van der Waals surface area contributed by atoms with Crippen molar-refractivity contribution in [1.29, 1.82) is 0 Å². The van der Waals surface area contributed by atoms with Gasteiger partial charge in [0.1, 0.15) is 0 Å². The Labute approximate surface area is 194 Å². The maximum atomic E-state index is 12.5. The lowest BCUT2D eigenvalue weighted by Gasteiger charge is -2.26. The Morgan fingerprint density at radius 2 is 1.76 bits per heavy atom. The molecule has 0 fully saturated rings. The molecule has 2 aliphatic rings. The van der Waals surface area contributed by atoms with Gasteiger partial charge in [0.25, 0.3) is 0 Å². The van der Waals surface area contributed by atoms with Crippen LogP contribution in [0.1, 0.15) is 37.7 Å². The van der Waals surface area contributed by atoms with E-state index in [9.17, 15) is 19.2 Å². The maximum absolute atomic E-state index is 12.5. The summed E-state index contributed by atoms with van der Waals surface area (Å²) in [5.74, 6) is -1.52. The van der Waals surface area contributed by atoms with Crippen LogP contribution < -0.4 is 15.5 Å². The van der Waals surface area contributed by atoms with Gasteiger partial charge in [-0.2, -0.15) is 0 Å². The van der Waals surface area contributed by atoms with Gasteiger partial charge in [-0.25, -0.2) is 0 Å². The molecule has 2 aliphatic heterocycles. The van der Waals surface area contributed by atoms with Crippen molar-refractivity contribution < 1.29 is 19.2 Å². The number of thiophene rings is 1. The van der Waals surface area contributed by atoms with Crippen molar-refractivity contribution in [3.63, 3.8) is 0 Å². The summed E-state index contributed by atoms with van der Waals surface area (Å²) in [5.41, 5.74) is 4.00. The summed E-state index contributed by atoms with van der Waals surface area (Å²) in [7, 11) is 0. The first-order valence-corrected chi connectivity index (χ1v) is 11.5. The van der Waals surface area contributed by atoms with E-state index in [1.165, 1.54) is 11.3 Å². The molecule has 2 N–H and O–H groups in total. The second kappa shape index (κ2) is 8.63. The predicted molar refractivity (Wildman–Crippen MR) is 125 cm³/mol. The van der Waals surface area contributed by atoms with E-state index >= 15 is 0 Å². The molecule has 5 rings (SSSR count). The van der Waals surface area contributed by atoms with E-state index in [1.807, 2.05) is 29.2 Å². The molecule has 0 bridgehead atoms. The van der Waals surface area contributed by atoms with Gasteiger partial charge < -0.3 is 15.5 Å². The van der Waals surface area contributed by atoms with Gasteiger partial charge in [-0.05, 0) is 48.2 Å². The van der Waals surface area contributed by atoms with Crippen LogP contribution in [-0.2, 0) is 33.8 Å². The fourth-order valence-electron chi connectivity index (χ4n) is 4.31. The SMILES string of the molecule is O=C(NCc1ccc(C(=O)c2ccccc2)s1)C(=O)Nc1cc2c3c(c1)CC(=O)N3CCC2. The minimum atomic E-state index is -0.767. The normalized spacial score (nSPS) is 14.1. The molecule has 7 nitrogen and oxygen atoms in total. The van der Waals surface area contributed by atoms with Crippen LogP contribution in [0.15, 0.2) is 54.6 Å². The third-order valence-corrected chi connectivity index (χ3v) is 6.90. The molecular formula is C25H21N3O4S. The molecule has 166 valence electrons. The Morgan fingerprint density at radius 1 is 0.970 bits per heavy atom. The van der Waals surface area contributed by atoms with E-state index in [4.69, 9.17) is 0 Å². The summed E-state index contributed by atoms with van der Waals surface area (Å²) in [5, 5.41) is 5.25. The highest BCUT2D eigenvalue weighted by atomic mass is 32.1. The monoisotopic (exact) mass is 459 g/mol. The van der Waals surface area contributed by atoms with Crippen molar-refractivity contribution in [2.45, 2.75) is 25.8 Å². The average molecular weight is 460 g/mol. The van der Waals surface area contributed by atoms with Gasteiger partial charge in [-0.1, -0.05) is 30.3 Å². The van der Waals surface area contributed by atoms with Crippen LogP contribution in [-0.4, -0.2) is 30.0 Å². The molecule has 2 aromatic carbocycles. The minimum Gasteiger partial charge on any atom is -0.343 e. The summed E-state index contributed by atoms with van der Waals surface area (Å²) in [4.78, 5) is 52.6. The van der Waals surface area contributed by atoms with Gasteiger partial charge >= 0.3 is 11.8 Å². The topological polar surface area (TPSA) is 95.6 Å². The molecule has 0 saturated heterocycles. The number of aryl methyl sites for hydroxylation is 1. The maximum Gasteiger partial charge on any atom is 0.313 e. The lowest BCUT2D eigenvalue weighted by Crippen LogP contribution is -2.35. The molecule has 3 heterocycles. The largest absolute Gasteiger partial charge is 0.343 e. The van der Waals surface area contributed by atoms with E-state index in [-0.39, 0.29) is 18.2 Å². The molecule has 8 heteroatoms. The van der Waals surface area contributed by atoms with Crippen molar-refractivity contribution in [3.05, 3.63) is 81.0 Å². The van der Waals surface area contributed by atoms with Crippen LogP contribution in [0.5, 0.6) is 0 Å². The van der Waals surface area contributed by atoms with Gasteiger partial charge in [-0.3, -0.25) is 19.2 Å². The number of nitrogens with zero attached hydrogens (tertiary/aromatic N) is 1. The first kappa shape index (κ1) is 21.1. The fraction of sp³-hybridized carbons (Fsp3) is 0.200. The molecule has 0 aliphatic carbocycles. The van der Waals surface area contributed by atoms with Gasteiger partial charge in [0.2, 0.25) is 11.7 Å². The Kier molecular flexibility index (Phi) is 5.51. The smallest absolute Gasteiger partial charge is 0.313 e. The number of carbonyl (C=O) groups excluding carboxylic acids is 4. The third kappa shape index (κ3) is 4.17. The molecular weight excluding hydrogens is 438 g/mol. The number of amides is 3. The van der Waals surface area contributed by atoms with Gasteiger partial charge in [0, 0.05) is 22.7 Å². The molecule has 0 radical (unpaired) electrons. The van der Waals surface area contributed by atoms with Crippen molar-refractivity contribution >= 4 is 46.2 Å². The second-order valence-electron chi connectivity index (χ2n) is 8.07. The van der Waals surface area contributed by atoms with Gasteiger partial charge in [0.05, 0.1) is 23.5 Å². The molecule has 0 unspecified atom stereocenters. The highest BCUT2D eigenvalue weighted by molar-refractivity contribution is 7.14. The van der Waals surface area contributed by atoms with E-state index < -0.39 is 11.8 Å². The third-order valence-electron chi connectivity index (χ3n) is 5.82. The fourth-order valence-corrected chi connectivity index (χ4v) is 5.22. The lowest BCUT2D eigenvalue weighted by atomic mass is 9.99. The van der Waals surface area contributed by atoms with E-state index in [2.05, 4.69) is 10.6 Å². The standard InChI is InChI=1S/C25H21N3O4S/c29-21-13-17-12-18(11-16-7-4-10-28(21)22(16)17)27-25(32)24(31)26-14-19-8-9-20(33-19)23(30)15-5-2-1-3-6-15/h1-3,5-6,8-9,11-12H,4,7,10,13-14H2,(H,26,31)(H,27,32). The van der Waals surface area contributed by atoms with Crippen LogP contribution in [0.2, 0.25) is 0 Å². The number of nitrogens with one attached hydrogen (secondary N) is 2. The number of rotatable bonds is 5. The molecule has 33 heavy (non-hydrogen) atoms. The molecule has 3 amide bonds. The van der Waals surface area contributed by atoms with Crippen LogP contribution in [0, 0.1) is 0 Å². The molecule has 0 spiro atoms. The Balaban J connectivity index is 1.20. The number of benzene rings is 2. The van der Waals surface area contributed by atoms with E-state index in [0.717, 1.165) is 41.1 Å².